The normalized spacial score (nSPS) is 12.3. The molecule has 0 spiro atoms. The molecule has 0 aliphatic heterocycles. The molecule has 1 heterocycles. The Hall–Kier alpha value is -2.06. The van der Waals surface area contributed by atoms with Gasteiger partial charge in [-0.3, -0.25) is 4.98 Å². The summed E-state index contributed by atoms with van der Waals surface area (Å²) in [6, 6.07) is 16.3. The molecule has 1 atom stereocenters. The van der Waals surface area contributed by atoms with Gasteiger partial charge in [0.1, 0.15) is 0 Å². The Morgan fingerprint density at radius 2 is 1.95 bits per heavy atom. The smallest absolute Gasteiger partial charge is 0.0486 e. The van der Waals surface area contributed by atoms with Crippen molar-refractivity contribution in [3.8, 4) is 0 Å². The lowest BCUT2D eigenvalue weighted by Crippen LogP contribution is -2.06. The molecular formula is C17H15ClN2. The molecule has 0 aliphatic rings. The van der Waals surface area contributed by atoms with E-state index in [1.807, 2.05) is 36.7 Å². The molecule has 0 saturated heterocycles. The molecule has 20 heavy (non-hydrogen) atoms. The highest BCUT2D eigenvalue weighted by Gasteiger charge is 2.08. The average molecular weight is 283 g/mol. The zero-order chi connectivity index (χ0) is 13.9. The zero-order valence-electron chi connectivity index (χ0n) is 11.2. The number of aromatic nitrogens is 1. The summed E-state index contributed by atoms with van der Waals surface area (Å²) < 4.78 is 0. The number of fused-ring (bicyclic) bond motifs is 1. The van der Waals surface area contributed by atoms with Crippen LogP contribution in [0.25, 0.3) is 10.8 Å². The molecule has 0 fully saturated rings. The molecule has 3 heteroatoms. The van der Waals surface area contributed by atoms with Gasteiger partial charge in [-0.25, -0.2) is 0 Å². The molecule has 1 N–H and O–H groups in total. The monoisotopic (exact) mass is 282 g/mol. The number of nitrogens with one attached hydrogen (secondary N) is 1. The van der Waals surface area contributed by atoms with Gasteiger partial charge < -0.3 is 5.32 Å². The van der Waals surface area contributed by atoms with Gasteiger partial charge >= 0.3 is 0 Å². The van der Waals surface area contributed by atoms with E-state index in [9.17, 15) is 0 Å². The quantitative estimate of drug-likeness (QED) is 0.726. The molecule has 0 bridgehead atoms. The second-order valence-corrected chi connectivity index (χ2v) is 5.26. The van der Waals surface area contributed by atoms with Gasteiger partial charge in [-0.2, -0.15) is 0 Å². The van der Waals surface area contributed by atoms with Crippen LogP contribution in [0.5, 0.6) is 0 Å². The van der Waals surface area contributed by atoms with Gasteiger partial charge in [-0.15, -0.1) is 0 Å². The van der Waals surface area contributed by atoms with Crippen molar-refractivity contribution in [1.82, 2.24) is 4.98 Å². The topological polar surface area (TPSA) is 24.9 Å². The van der Waals surface area contributed by atoms with Gasteiger partial charge in [0.2, 0.25) is 0 Å². The van der Waals surface area contributed by atoms with Crippen molar-refractivity contribution in [2.75, 3.05) is 5.32 Å². The van der Waals surface area contributed by atoms with Crippen molar-refractivity contribution in [3.05, 3.63) is 71.5 Å². The van der Waals surface area contributed by atoms with E-state index >= 15 is 0 Å². The van der Waals surface area contributed by atoms with E-state index < -0.39 is 0 Å². The minimum Gasteiger partial charge on any atom is -0.378 e. The Balaban J connectivity index is 1.93. The largest absolute Gasteiger partial charge is 0.378 e. The lowest BCUT2D eigenvalue weighted by Gasteiger charge is -2.17. The predicted molar refractivity (Wildman–Crippen MR) is 85.2 cm³/mol. The number of anilines is 1. The molecule has 3 rings (SSSR count). The lowest BCUT2D eigenvalue weighted by atomic mass is 10.1. The summed E-state index contributed by atoms with van der Waals surface area (Å²) in [7, 11) is 0. The van der Waals surface area contributed by atoms with Crippen molar-refractivity contribution in [1.29, 1.82) is 0 Å². The number of benzene rings is 2. The van der Waals surface area contributed by atoms with Gasteiger partial charge in [0, 0.05) is 34.5 Å². The van der Waals surface area contributed by atoms with Crippen LogP contribution in [-0.2, 0) is 0 Å². The van der Waals surface area contributed by atoms with Gasteiger partial charge in [-0.05, 0) is 42.1 Å². The third-order valence-electron chi connectivity index (χ3n) is 3.40. The van der Waals surface area contributed by atoms with Crippen LogP contribution in [0.1, 0.15) is 18.5 Å². The first-order valence-corrected chi connectivity index (χ1v) is 6.96. The van der Waals surface area contributed by atoms with Crippen LogP contribution < -0.4 is 5.32 Å². The van der Waals surface area contributed by atoms with E-state index in [1.165, 1.54) is 10.9 Å². The van der Waals surface area contributed by atoms with E-state index in [-0.39, 0.29) is 6.04 Å². The Labute approximate surface area is 123 Å². The summed E-state index contributed by atoms with van der Waals surface area (Å²) >= 11 is 6.05. The third-order valence-corrected chi connectivity index (χ3v) is 3.64. The molecule has 0 amide bonds. The average Bonchev–Trinajstić information content (AvgIpc) is 2.47. The molecule has 0 aliphatic carbocycles. The highest BCUT2D eigenvalue weighted by molar-refractivity contribution is 6.30. The zero-order valence-corrected chi connectivity index (χ0v) is 11.9. The molecule has 100 valence electrons. The van der Waals surface area contributed by atoms with Crippen LogP contribution in [0, 0.1) is 0 Å². The molecule has 2 nitrogen and oxygen atoms in total. The van der Waals surface area contributed by atoms with Gasteiger partial charge in [0.25, 0.3) is 0 Å². The van der Waals surface area contributed by atoms with Crippen LogP contribution in [-0.4, -0.2) is 4.98 Å². The fourth-order valence-corrected chi connectivity index (χ4v) is 2.53. The third kappa shape index (κ3) is 2.61. The first-order chi connectivity index (χ1) is 9.74. The van der Waals surface area contributed by atoms with Gasteiger partial charge in [-0.1, -0.05) is 35.9 Å². The number of nitrogens with zero attached hydrogens (tertiary/aromatic N) is 1. The standard InChI is InChI=1S/C17H15ClN2/c1-12(14-5-2-6-15(18)10-14)20-17-7-3-4-13-8-9-19-11-16(13)17/h2-12,20H,1H3. The first-order valence-electron chi connectivity index (χ1n) is 6.59. The Bertz CT molecular complexity index is 734. The van der Waals surface area contributed by atoms with Crippen LogP contribution in [0.15, 0.2) is 60.9 Å². The maximum Gasteiger partial charge on any atom is 0.0486 e. The number of pyridine rings is 1. The number of hydrogen-bond acceptors (Lipinski definition) is 2. The van der Waals surface area contributed by atoms with Crippen molar-refractivity contribution < 1.29 is 0 Å². The number of rotatable bonds is 3. The SMILES string of the molecule is CC(Nc1cccc2ccncc12)c1cccc(Cl)c1. The van der Waals surface area contributed by atoms with Crippen LogP contribution >= 0.6 is 11.6 Å². The predicted octanol–water partition coefficient (Wildman–Crippen LogP) is 5.06. The number of hydrogen-bond donors (Lipinski definition) is 1. The molecule has 1 aromatic heterocycles. The molecule has 1 unspecified atom stereocenters. The molecular weight excluding hydrogens is 268 g/mol. The molecule has 0 saturated carbocycles. The van der Waals surface area contributed by atoms with Crippen molar-refractivity contribution in [2.24, 2.45) is 0 Å². The van der Waals surface area contributed by atoms with E-state index in [0.29, 0.717) is 0 Å². The van der Waals surface area contributed by atoms with Gasteiger partial charge in [0.05, 0.1) is 0 Å². The van der Waals surface area contributed by atoms with Crippen LogP contribution in [0.4, 0.5) is 5.69 Å². The molecule has 0 radical (unpaired) electrons. The first kappa shape index (κ1) is 12.9. The summed E-state index contributed by atoms with van der Waals surface area (Å²) in [5, 5.41) is 6.60. The van der Waals surface area contributed by atoms with E-state index in [1.54, 1.807) is 0 Å². The Morgan fingerprint density at radius 3 is 2.80 bits per heavy atom. The second-order valence-electron chi connectivity index (χ2n) is 4.82. The highest BCUT2D eigenvalue weighted by atomic mass is 35.5. The summed E-state index contributed by atoms with van der Waals surface area (Å²) in [5.74, 6) is 0. The summed E-state index contributed by atoms with van der Waals surface area (Å²) in [5.41, 5.74) is 2.25. The lowest BCUT2D eigenvalue weighted by molar-refractivity contribution is 0.887. The van der Waals surface area contributed by atoms with Crippen LogP contribution in [0.3, 0.4) is 0 Å². The second kappa shape index (κ2) is 5.51. The Kier molecular flexibility index (Phi) is 3.57. The van der Waals surface area contributed by atoms with E-state index in [2.05, 4.69) is 41.5 Å². The fraction of sp³-hybridized carbons (Fsp3) is 0.118. The van der Waals surface area contributed by atoms with Crippen LogP contribution in [0.2, 0.25) is 5.02 Å². The summed E-state index contributed by atoms with van der Waals surface area (Å²) in [4.78, 5) is 4.21. The minimum absolute atomic E-state index is 0.180. The van der Waals surface area contributed by atoms with Gasteiger partial charge in [0.15, 0.2) is 0 Å². The van der Waals surface area contributed by atoms with E-state index in [4.69, 9.17) is 11.6 Å². The molecule has 2 aromatic carbocycles. The van der Waals surface area contributed by atoms with Crippen molar-refractivity contribution in [2.45, 2.75) is 13.0 Å². The maximum absolute atomic E-state index is 6.05. The van der Waals surface area contributed by atoms with E-state index in [0.717, 1.165) is 16.1 Å². The summed E-state index contributed by atoms with van der Waals surface area (Å²) in [6.45, 7) is 2.13. The van der Waals surface area contributed by atoms with Crippen molar-refractivity contribution in [3.63, 3.8) is 0 Å². The molecule has 3 aromatic rings. The Morgan fingerprint density at radius 1 is 1.10 bits per heavy atom. The highest BCUT2D eigenvalue weighted by Crippen LogP contribution is 2.27. The number of halogens is 1. The maximum atomic E-state index is 6.05. The van der Waals surface area contributed by atoms with Crippen molar-refractivity contribution >= 4 is 28.1 Å². The minimum atomic E-state index is 0.180. The summed E-state index contributed by atoms with van der Waals surface area (Å²) in [6.07, 6.45) is 3.70. The fourth-order valence-electron chi connectivity index (χ4n) is 2.33.